The van der Waals surface area contributed by atoms with E-state index >= 15 is 0 Å². The number of nitrogens with zero attached hydrogens (tertiary/aromatic N) is 1. The SMILES string of the molecule is CC(C)c1nc(C(C)CN)c(Br)s1. The lowest BCUT2D eigenvalue weighted by atomic mass is 10.1. The largest absolute Gasteiger partial charge is 0.330 e. The molecular formula is C9H15BrN2S. The fourth-order valence-corrected chi connectivity index (χ4v) is 2.88. The number of halogens is 1. The van der Waals surface area contributed by atoms with Crippen LogP contribution in [0.15, 0.2) is 3.79 Å². The van der Waals surface area contributed by atoms with Crippen LogP contribution in [-0.4, -0.2) is 11.5 Å². The minimum absolute atomic E-state index is 0.345. The summed E-state index contributed by atoms with van der Waals surface area (Å²) in [7, 11) is 0. The zero-order valence-electron chi connectivity index (χ0n) is 8.17. The summed E-state index contributed by atoms with van der Waals surface area (Å²) in [6.07, 6.45) is 0. The maximum Gasteiger partial charge on any atom is 0.0965 e. The predicted molar refractivity (Wildman–Crippen MR) is 61.4 cm³/mol. The monoisotopic (exact) mass is 262 g/mol. The highest BCUT2D eigenvalue weighted by atomic mass is 79.9. The van der Waals surface area contributed by atoms with Crippen LogP contribution in [0.25, 0.3) is 0 Å². The maximum atomic E-state index is 5.60. The number of aromatic nitrogens is 1. The van der Waals surface area contributed by atoms with Crippen LogP contribution in [-0.2, 0) is 0 Å². The van der Waals surface area contributed by atoms with Gasteiger partial charge in [-0.1, -0.05) is 20.8 Å². The van der Waals surface area contributed by atoms with Crippen molar-refractivity contribution in [3.63, 3.8) is 0 Å². The molecule has 1 aromatic heterocycles. The van der Waals surface area contributed by atoms with E-state index in [2.05, 4.69) is 41.7 Å². The van der Waals surface area contributed by atoms with Gasteiger partial charge in [-0.2, -0.15) is 0 Å². The molecule has 1 heterocycles. The van der Waals surface area contributed by atoms with E-state index < -0.39 is 0 Å². The van der Waals surface area contributed by atoms with Crippen LogP contribution >= 0.6 is 27.3 Å². The highest BCUT2D eigenvalue weighted by molar-refractivity contribution is 9.11. The van der Waals surface area contributed by atoms with Gasteiger partial charge in [0.05, 0.1) is 14.5 Å². The van der Waals surface area contributed by atoms with Crippen molar-refractivity contribution in [2.75, 3.05) is 6.54 Å². The van der Waals surface area contributed by atoms with E-state index in [0.717, 1.165) is 9.48 Å². The van der Waals surface area contributed by atoms with Gasteiger partial charge in [-0.25, -0.2) is 4.98 Å². The summed E-state index contributed by atoms with van der Waals surface area (Å²) in [4.78, 5) is 4.57. The summed E-state index contributed by atoms with van der Waals surface area (Å²) in [5.74, 6) is 0.846. The van der Waals surface area contributed by atoms with Crippen molar-refractivity contribution in [2.45, 2.75) is 32.6 Å². The van der Waals surface area contributed by atoms with Gasteiger partial charge in [0, 0.05) is 18.4 Å². The molecule has 13 heavy (non-hydrogen) atoms. The summed E-state index contributed by atoms with van der Waals surface area (Å²) >= 11 is 5.24. The minimum Gasteiger partial charge on any atom is -0.330 e. The summed E-state index contributed by atoms with van der Waals surface area (Å²) in [5.41, 5.74) is 6.71. The zero-order chi connectivity index (χ0) is 10.0. The van der Waals surface area contributed by atoms with Crippen molar-refractivity contribution in [3.05, 3.63) is 14.5 Å². The molecule has 0 fully saturated rings. The van der Waals surface area contributed by atoms with E-state index in [-0.39, 0.29) is 0 Å². The second-order valence-corrected chi connectivity index (χ2v) is 5.85. The van der Waals surface area contributed by atoms with Crippen molar-refractivity contribution < 1.29 is 0 Å². The number of hydrogen-bond donors (Lipinski definition) is 1. The third-order valence-corrected chi connectivity index (χ3v) is 3.99. The number of nitrogens with two attached hydrogens (primary N) is 1. The van der Waals surface area contributed by atoms with Crippen molar-refractivity contribution >= 4 is 27.3 Å². The molecule has 2 nitrogen and oxygen atoms in total. The summed E-state index contributed by atoms with van der Waals surface area (Å²) in [5, 5.41) is 1.18. The van der Waals surface area contributed by atoms with Crippen LogP contribution in [0.4, 0.5) is 0 Å². The molecule has 0 saturated heterocycles. The number of rotatable bonds is 3. The van der Waals surface area contributed by atoms with E-state index in [0.29, 0.717) is 18.4 Å². The molecule has 4 heteroatoms. The Morgan fingerprint density at radius 3 is 2.46 bits per heavy atom. The highest BCUT2D eigenvalue weighted by Gasteiger charge is 2.15. The first-order valence-corrected chi connectivity index (χ1v) is 6.03. The van der Waals surface area contributed by atoms with Gasteiger partial charge < -0.3 is 5.73 Å². The maximum absolute atomic E-state index is 5.60. The van der Waals surface area contributed by atoms with Crippen LogP contribution in [0.3, 0.4) is 0 Å². The number of thiazole rings is 1. The molecule has 2 N–H and O–H groups in total. The molecular weight excluding hydrogens is 248 g/mol. The van der Waals surface area contributed by atoms with Gasteiger partial charge in [0.15, 0.2) is 0 Å². The van der Waals surface area contributed by atoms with Crippen molar-refractivity contribution in [1.82, 2.24) is 4.98 Å². The lowest BCUT2D eigenvalue weighted by Gasteiger charge is -2.04. The number of hydrogen-bond acceptors (Lipinski definition) is 3. The quantitative estimate of drug-likeness (QED) is 0.910. The Labute approximate surface area is 91.7 Å². The van der Waals surface area contributed by atoms with E-state index in [9.17, 15) is 0 Å². The van der Waals surface area contributed by atoms with Crippen LogP contribution in [0.5, 0.6) is 0 Å². The molecule has 0 aromatic carbocycles. The zero-order valence-corrected chi connectivity index (χ0v) is 10.6. The molecule has 74 valence electrons. The molecule has 0 amide bonds. The molecule has 0 radical (unpaired) electrons. The lowest BCUT2D eigenvalue weighted by molar-refractivity contribution is 0.734. The molecule has 0 aliphatic rings. The molecule has 1 unspecified atom stereocenters. The van der Waals surface area contributed by atoms with Crippen molar-refractivity contribution in [1.29, 1.82) is 0 Å². The van der Waals surface area contributed by atoms with E-state index in [1.54, 1.807) is 11.3 Å². The second kappa shape index (κ2) is 4.53. The Balaban J connectivity index is 2.96. The molecule has 1 atom stereocenters. The first-order chi connectivity index (χ1) is 6.06. The van der Waals surface area contributed by atoms with Crippen molar-refractivity contribution in [2.24, 2.45) is 5.73 Å². The van der Waals surface area contributed by atoms with Gasteiger partial charge in [0.2, 0.25) is 0 Å². The highest BCUT2D eigenvalue weighted by Crippen LogP contribution is 2.33. The molecule has 0 aliphatic heterocycles. The molecule has 1 aromatic rings. The van der Waals surface area contributed by atoms with Crippen LogP contribution in [0.1, 0.15) is 43.3 Å². The smallest absolute Gasteiger partial charge is 0.0965 e. The van der Waals surface area contributed by atoms with Crippen LogP contribution < -0.4 is 5.73 Å². The fraction of sp³-hybridized carbons (Fsp3) is 0.667. The first-order valence-electron chi connectivity index (χ1n) is 4.42. The summed E-state index contributed by atoms with van der Waals surface area (Å²) in [6, 6.07) is 0. The third-order valence-electron chi connectivity index (χ3n) is 1.94. The van der Waals surface area contributed by atoms with E-state index in [1.165, 1.54) is 5.01 Å². The van der Waals surface area contributed by atoms with Gasteiger partial charge in [-0.15, -0.1) is 11.3 Å². The topological polar surface area (TPSA) is 38.9 Å². The average Bonchev–Trinajstić information content (AvgIpc) is 2.46. The Bertz CT molecular complexity index is 283. The predicted octanol–water partition coefficient (Wildman–Crippen LogP) is 3.09. The van der Waals surface area contributed by atoms with E-state index in [4.69, 9.17) is 5.73 Å². The lowest BCUT2D eigenvalue weighted by Crippen LogP contribution is -2.09. The Kier molecular flexibility index (Phi) is 3.88. The molecule has 0 bridgehead atoms. The standard InChI is InChI=1S/C9H15BrN2S/c1-5(2)9-12-7(6(3)4-11)8(10)13-9/h5-6H,4,11H2,1-3H3. The summed E-state index contributed by atoms with van der Waals surface area (Å²) < 4.78 is 1.13. The van der Waals surface area contributed by atoms with Gasteiger partial charge in [0.1, 0.15) is 0 Å². The van der Waals surface area contributed by atoms with Crippen LogP contribution in [0.2, 0.25) is 0 Å². The third kappa shape index (κ3) is 2.51. The first kappa shape index (κ1) is 11.1. The average molecular weight is 263 g/mol. The minimum atomic E-state index is 0.345. The molecule has 0 spiro atoms. The van der Waals surface area contributed by atoms with Gasteiger partial charge in [-0.3, -0.25) is 0 Å². The molecule has 0 saturated carbocycles. The van der Waals surface area contributed by atoms with Gasteiger partial charge >= 0.3 is 0 Å². The van der Waals surface area contributed by atoms with Crippen molar-refractivity contribution in [3.8, 4) is 0 Å². The van der Waals surface area contributed by atoms with Gasteiger partial charge in [-0.05, 0) is 15.9 Å². The normalized spacial score (nSPS) is 13.7. The Morgan fingerprint density at radius 2 is 2.08 bits per heavy atom. The van der Waals surface area contributed by atoms with Crippen LogP contribution in [0, 0.1) is 0 Å². The van der Waals surface area contributed by atoms with Gasteiger partial charge in [0.25, 0.3) is 0 Å². The Hall–Kier alpha value is 0.0700. The fourth-order valence-electron chi connectivity index (χ4n) is 0.992. The second-order valence-electron chi connectivity index (χ2n) is 3.50. The molecule has 0 aliphatic carbocycles. The molecule has 1 rings (SSSR count). The summed E-state index contributed by atoms with van der Waals surface area (Å²) in [6.45, 7) is 7.06. The van der Waals surface area contributed by atoms with E-state index in [1.807, 2.05) is 0 Å². The Morgan fingerprint density at radius 1 is 1.46 bits per heavy atom.